The van der Waals surface area contributed by atoms with Crippen LogP contribution in [0.25, 0.3) is 0 Å². The largest absolute Gasteiger partial charge is 0.405 e. The molecule has 0 aliphatic carbocycles. The van der Waals surface area contributed by atoms with Gasteiger partial charge < -0.3 is 25.8 Å². The monoisotopic (exact) mass is 604 g/mol. The molecule has 2 aromatic rings. The number of carbonyl (C=O) groups is 2. The van der Waals surface area contributed by atoms with E-state index in [2.05, 4.69) is 10.2 Å². The summed E-state index contributed by atoms with van der Waals surface area (Å²) < 4.78 is 45.2. The molecule has 1 aromatic heterocycles. The van der Waals surface area contributed by atoms with Gasteiger partial charge in [-0.3, -0.25) is 18.6 Å². The van der Waals surface area contributed by atoms with E-state index in [9.17, 15) is 33.9 Å². The molecular weight excluding hydrogens is 570 g/mol. The van der Waals surface area contributed by atoms with Gasteiger partial charge >= 0.3 is 7.75 Å². The number of hydrogen-bond acceptors (Lipinski definition) is 11. The predicted molar refractivity (Wildman–Crippen MR) is 142 cm³/mol. The predicted octanol–water partition coefficient (Wildman–Crippen LogP) is 1.34. The number of halogens is 1. The second kappa shape index (κ2) is 13.2. The molecule has 13 nitrogen and oxygen atoms in total. The number of nitrogens with one attached hydrogen (secondary N) is 1. The first-order chi connectivity index (χ1) is 18.7. The summed E-state index contributed by atoms with van der Waals surface area (Å²) in [5.74, 6) is -2.05. The number of amides is 1. The van der Waals surface area contributed by atoms with Crippen molar-refractivity contribution >= 4 is 30.5 Å². The SMILES string of the molecule is CC(C)(CO)C(=O)SCCOP(=O)(NCc1ccccc1)OC[C@H]1OC(n2cc(F)c(C(N)=O)n2)C(C)(O)[C@H]1O. The van der Waals surface area contributed by atoms with Gasteiger partial charge in [0.25, 0.3) is 5.91 Å². The molecular formula is C24H34FN4O9PS. The molecule has 0 saturated carbocycles. The average Bonchev–Trinajstić information content (AvgIpc) is 3.41. The van der Waals surface area contributed by atoms with E-state index in [0.29, 0.717) is 0 Å². The van der Waals surface area contributed by atoms with Crippen LogP contribution in [0, 0.1) is 11.2 Å². The molecule has 16 heteroatoms. The third kappa shape index (κ3) is 7.75. The Morgan fingerprint density at radius 1 is 1.32 bits per heavy atom. The van der Waals surface area contributed by atoms with Gasteiger partial charge in [-0.1, -0.05) is 42.1 Å². The smallest absolute Gasteiger partial charge is 0.395 e. The number of nitrogens with zero attached hydrogens (tertiary/aromatic N) is 2. The number of carbonyl (C=O) groups excluding carboxylic acids is 2. The van der Waals surface area contributed by atoms with Crippen molar-refractivity contribution in [2.45, 2.75) is 51.4 Å². The summed E-state index contributed by atoms with van der Waals surface area (Å²) in [4.78, 5) is 23.6. The summed E-state index contributed by atoms with van der Waals surface area (Å²) in [6, 6.07) is 8.98. The minimum Gasteiger partial charge on any atom is -0.395 e. The van der Waals surface area contributed by atoms with Crippen LogP contribution in [-0.4, -0.2) is 79.5 Å². The lowest BCUT2D eigenvalue weighted by molar-refractivity contribution is -0.119. The van der Waals surface area contributed by atoms with Crippen molar-refractivity contribution in [2.75, 3.05) is 25.6 Å². The highest BCUT2D eigenvalue weighted by Gasteiger charge is 2.54. The summed E-state index contributed by atoms with van der Waals surface area (Å²) >= 11 is 0.910. The van der Waals surface area contributed by atoms with Crippen LogP contribution in [0.2, 0.25) is 0 Å². The van der Waals surface area contributed by atoms with Gasteiger partial charge in [-0.25, -0.2) is 18.7 Å². The standard InChI is InChI=1S/C24H34FN4O9PS/c1-23(2,14-30)22(33)40-10-9-36-39(35,27-11-15-7-5-4-6-8-15)37-13-17-19(31)24(3,34)21(38-17)29-12-16(25)18(28-29)20(26)32/h4-8,12,17,19,21,30-31,34H,9-11,13-14H2,1-3H3,(H2,26,32)(H,27,35)/t17-,19+,21?,24?,39?/m1/s1. The molecule has 5 atom stereocenters. The summed E-state index contributed by atoms with van der Waals surface area (Å²) in [6.07, 6.45) is -3.50. The molecule has 1 saturated heterocycles. The molecule has 0 bridgehead atoms. The van der Waals surface area contributed by atoms with Crippen LogP contribution in [0.15, 0.2) is 36.5 Å². The molecule has 1 aliphatic heterocycles. The highest BCUT2D eigenvalue weighted by Crippen LogP contribution is 2.46. The van der Waals surface area contributed by atoms with E-state index in [-0.39, 0.29) is 30.6 Å². The first kappa shape index (κ1) is 32.3. The quantitative estimate of drug-likeness (QED) is 0.154. The lowest BCUT2D eigenvalue weighted by Gasteiger charge is -2.26. The van der Waals surface area contributed by atoms with Gasteiger partial charge in [0.1, 0.15) is 17.8 Å². The zero-order valence-corrected chi connectivity index (χ0v) is 23.9. The molecule has 1 aromatic carbocycles. The van der Waals surface area contributed by atoms with Gasteiger partial charge in [-0.05, 0) is 26.3 Å². The van der Waals surface area contributed by atoms with Crippen LogP contribution in [0.4, 0.5) is 4.39 Å². The molecule has 0 radical (unpaired) electrons. The normalized spacial score (nSPS) is 24.6. The molecule has 1 fully saturated rings. The molecule has 6 N–H and O–H groups in total. The zero-order chi connectivity index (χ0) is 29.7. The van der Waals surface area contributed by atoms with E-state index in [1.807, 2.05) is 6.07 Å². The van der Waals surface area contributed by atoms with Crippen LogP contribution < -0.4 is 10.8 Å². The Hall–Kier alpha value is -2.20. The maximum Gasteiger partial charge on any atom is 0.405 e. The number of ether oxygens (including phenoxy) is 1. The van der Waals surface area contributed by atoms with Crippen molar-refractivity contribution < 1.29 is 47.6 Å². The number of aromatic nitrogens is 2. The topological polar surface area (TPSA) is 195 Å². The fraction of sp³-hybridized carbons (Fsp3) is 0.542. The summed E-state index contributed by atoms with van der Waals surface area (Å²) in [5.41, 5.74) is 2.24. The van der Waals surface area contributed by atoms with Gasteiger partial charge in [0.15, 0.2) is 22.9 Å². The zero-order valence-electron chi connectivity index (χ0n) is 22.2. The number of aliphatic hydroxyl groups is 3. The molecule has 2 heterocycles. The molecule has 222 valence electrons. The fourth-order valence-corrected chi connectivity index (χ4v) is 5.89. The van der Waals surface area contributed by atoms with Crippen molar-refractivity contribution in [3.05, 3.63) is 53.6 Å². The second-order valence-electron chi connectivity index (χ2n) is 9.99. The number of primary amides is 1. The van der Waals surface area contributed by atoms with Crippen LogP contribution in [0.3, 0.4) is 0 Å². The van der Waals surface area contributed by atoms with Gasteiger partial charge in [0.2, 0.25) is 0 Å². The van der Waals surface area contributed by atoms with Crippen LogP contribution in [0.1, 0.15) is 43.1 Å². The van der Waals surface area contributed by atoms with Crippen molar-refractivity contribution in [1.29, 1.82) is 0 Å². The molecule has 3 unspecified atom stereocenters. The minimum atomic E-state index is -4.06. The molecule has 0 spiro atoms. The average molecular weight is 605 g/mol. The lowest BCUT2D eigenvalue weighted by Crippen LogP contribution is -2.44. The molecule has 3 rings (SSSR count). The Balaban J connectivity index is 1.68. The van der Waals surface area contributed by atoms with Crippen molar-refractivity contribution in [2.24, 2.45) is 11.1 Å². The molecule has 1 aliphatic rings. The Morgan fingerprint density at radius 3 is 2.60 bits per heavy atom. The van der Waals surface area contributed by atoms with E-state index in [1.54, 1.807) is 38.1 Å². The highest BCUT2D eigenvalue weighted by atomic mass is 32.2. The summed E-state index contributed by atoms with van der Waals surface area (Å²) in [6.45, 7) is 3.50. The van der Waals surface area contributed by atoms with E-state index >= 15 is 0 Å². The molecule has 1 amide bonds. The van der Waals surface area contributed by atoms with Crippen LogP contribution in [-0.2, 0) is 29.7 Å². The summed E-state index contributed by atoms with van der Waals surface area (Å²) in [5, 5.41) is 37.1. The van der Waals surface area contributed by atoms with Crippen molar-refractivity contribution in [1.82, 2.24) is 14.9 Å². The third-order valence-electron chi connectivity index (χ3n) is 6.17. The Morgan fingerprint density at radius 2 is 2.00 bits per heavy atom. The number of thioether (sulfide) groups is 1. The minimum absolute atomic E-state index is 0.0958. The van der Waals surface area contributed by atoms with Gasteiger partial charge in [-0.15, -0.1) is 0 Å². The second-order valence-corrected chi connectivity index (χ2v) is 12.9. The maximum atomic E-state index is 14.1. The number of hydrogen-bond donors (Lipinski definition) is 5. The highest BCUT2D eigenvalue weighted by molar-refractivity contribution is 8.13. The van der Waals surface area contributed by atoms with E-state index < -0.39 is 61.2 Å². The first-order valence-corrected chi connectivity index (χ1v) is 14.8. The van der Waals surface area contributed by atoms with Crippen LogP contribution >= 0.6 is 19.5 Å². The van der Waals surface area contributed by atoms with E-state index in [1.165, 1.54) is 6.92 Å². The first-order valence-electron chi connectivity index (χ1n) is 12.3. The Kier molecular flexibility index (Phi) is 10.7. The maximum absolute atomic E-state index is 14.1. The fourth-order valence-electron chi connectivity index (χ4n) is 3.65. The Bertz CT molecular complexity index is 1230. The Labute approximate surface area is 234 Å². The lowest BCUT2D eigenvalue weighted by atomic mass is 9.97. The van der Waals surface area contributed by atoms with Gasteiger partial charge in [0.05, 0.1) is 31.4 Å². The van der Waals surface area contributed by atoms with Crippen molar-refractivity contribution in [3.8, 4) is 0 Å². The van der Waals surface area contributed by atoms with E-state index in [0.717, 1.165) is 28.2 Å². The number of rotatable bonds is 14. The molecule has 40 heavy (non-hydrogen) atoms. The van der Waals surface area contributed by atoms with E-state index in [4.69, 9.17) is 19.5 Å². The van der Waals surface area contributed by atoms with Crippen LogP contribution in [0.5, 0.6) is 0 Å². The van der Waals surface area contributed by atoms with Gasteiger partial charge in [0, 0.05) is 12.3 Å². The third-order valence-corrected chi connectivity index (χ3v) is 8.91. The number of benzene rings is 1. The number of aliphatic hydroxyl groups excluding tert-OH is 2. The van der Waals surface area contributed by atoms with Gasteiger partial charge in [-0.2, -0.15) is 5.10 Å². The summed E-state index contributed by atoms with van der Waals surface area (Å²) in [7, 11) is -4.06. The number of nitrogens with two attached hydrogens (primary N) is 1. The van der Waals surface area contributed by atoms with Crippen molar-refractivity contribution in [3.63, 3.8) is 0 Å².